The maximum atomic E-state index is 10.3. The molecule has 27 heavy (non-hydrogen) atoms. The molecule has 2 unspecified atom stereocenters. The minimum absolute atomic E-state index is 0. The number of rotatable bonds is 8. The van der Waals surface area contributed by atoms with Gasteiger partial charge in [0.2, 0.25) is 0 Å². The predicted molar refractivity (Wildman–Crippen MR) is 108 cm³/mol. The first-order chi connectivity index (χ1) is 12.6. The summed E-state index contributed by atoms with van der Waals surface area (Å²) in [6, 6.07) is 8.04. The van der Waals surface area contributed by atoms with Crippen molar-refractivity contribution < 1.29 is 14.6 Å². The number of aryl methyl sites for hydroxylation is 2. The molecule has 0 spiro atoms. The van der Waals surface area contributed by atoms with Crippen LogP contribution in [0.1, 0.15) is 18.1 Å². The average Bonchev–Trinajstić information content (AvgIpc) is 3.05. The van der Waals surface area contributed by atoms with E-state index in [2.05, 4.69) is 29.1 Å². The number of aromatic nitrogens is 2. The van der Waals surface area contributed by atoms with E-state index in [1.165, 1.54) is 5.56 Å². The summed E-state index contributed by atoms with van der Waals surface area (Å²) in [6.45, 7) is 8.08. The van der Waals surface area contributed by atoms with Crippen LogP contribution in [0, 0.1) is 6.92 Å². The lowest BCUT2D eigenvalue weighted by Crippen LogP contribution is -2.47. The Morgan fingerprint density at radius 3 is 2.78 bits per heavy atom. The third-order valence-electron chi connectivity index (χ3n) is 4.62. The monoisotopic (exact) mass is 395 g/mol. The summed E-state index contributed by atoms with van der Waals surface area (Å²) in [7, 11) is 0. The number of aliphatic hydroxyl groups excluding tert-OH is 1. The quantitative estimate of drug-likeness (QED) is 0.743. The van der Waals surface area contributed by atoms with Crippen LogP contribution in [0.5, 0.6) is 5.75 Å². The second-order valence-electron chi connectivity index (χ2n) is 6.95. The normalized spacial score (nSPS) is 18.7. The molecular weight excluding hydrogens is 366 g/mol. The number of aliphatic hydroxyl groups is 1. The van der Waals surface area contributed by atoms with Crippen LogP contribution < -0.4 is 4.74 Å². The van der Waals surface area contributed by atoms with Gasteiger partial charge in [-0.25, -0.2) is 0 Å². The molecule has 0 bridgehead atoms. The lowest BCUT2D eigenvalue weighted by Gasteiger charge is -2.34. The van der Waals surface area contributed by atoms with E-state index >= 15 is 0 Å². The number of morpholine rings is 1. The zero-order valence-corrected chi connectivity index (χ0v) is 16.9. The highest BCUT2D eigenvalue weighted by Gasteiger charge is 2.23. The molecule has 1 aromatic carbocycles. The van der Waals surface area contributed by atoms with Crippen LogP contribution in [0.25, 0.3) is 0 Å². The Morgan fingerprint density at radius 2 is 2.11 bits per heavy atom. The summed E-state index contributed by atoms with van der Waals surface area (Å²) in [5.74, 6) is 0.801. The van der Waals surface area contributed by atoms with E-state index in [9.17, 15) is 5.11 Å². The molecule has 6 nitrogen and oxygen atoms in total. The van der Waals surface area contributed by atoms with Gasteiger partial charge in [-0.1, -0.05) is 19.1 Å². The van der Waals surface area contributed by atoms with Crippen LogP contribution in [-0.2, 0) is 17.7 Å². The summed E-state index contributed by atoms with van der Waals surface area (Å²) >= 11 is 0. The Balaban J connectivity index is 0.00000261. The number of hydrogen-bond acceptors (Lipinski definition) is 5. The molecule has 7 heteroatoms. The molecule has 1 aliphatic rings. The van der Waals surface area contributed by atoms with Crippen LogP contribution in [0.2, 0.25) is 0 Å². The van der Waals surface area contributed by atoms with Crippen molar-refractivity contribution in [2.24, 2.45) is 0 Å². The van der Waals surface area contributed by atoms with Crippen LogP contribution in [0.4, 0.5) is 0 Å². The van der Waals surface area contributed by atoms with Crippen LogP contribution in [-0.4, -0.2) is 64.8 Å². The van der Waals surface area contributed by atoms with Gasteiger partial charge in [0.05, 0.1) is 25.5 Å². The fourth-order valence-corrected chi connectivity index (χ4v) is 3.20. The molecule has 150 valence electrons. The number of hydrogen-bond donors (Lipinski definition) is 1. The topological polar surface area (TPSA) is 59.8 Å². The number of nitrogens with zero attached hydrogens (tertiary/aromatic N) is 3. The number of halogens is 1. The van der Waals surface area contributed by atoms with Crippen molar-refractivity contribution in [2.45, 2.75) is 39.0 Å². The van der Waals surface area contributed by atoms with Crippen molar-refractivity contribution in [2.75, 3.05) is 32.8 Å². The summed E-state index contributed by atoms with van der Waals surface area (Å²) in [6.07, 6.45) is 4.47. The fourth-order valence-electron chi connectivity index (χ4n) is 3.20. The fraction of sp³-hybridized carbons (Fsp3) is 0.550. The van der Waals surface area contributed by atoms with Gasteiger partial charge in [0.1, 0.15) is 18.5 Å². The van der Waals surface area contributed by atoms with Crippen molar-refractivity contribution >= 4 is 12.4 Å². The molecule has 1 aliphatic heterocycles. The first-order valence-electron chi connectivity index (χ1n) is 9.35. The van der Waals surface area contributed by atoms with Crippen LogP contribution in [0.3, 0.4) is 0 Å². The molecule has 0 radical (unpaired) electrons. The Hall–Kier alpha value is -1.60. The predicted octanol–water partition coefficient (Wildman–Crippen LogP) is 2.32. The molecule has 3 rings (SSSR count). The highest BCUT2D eigenvalue weighted by molar-refractivity contribution is 5.85. The summed E-state index contributed by atoms with van der Waals surface area (Å²) in [5.41, 5.74) is 2.43. The van der Waals surface area contributed by atoms with Crippen molar-refractivity contribution in [3.05, 3.63) is 47.8 Å². The maximum Gasteiger partial charge on any atom is 0.119 e. The van der Waals surface area contributed by atoms with Gasteiger partial charge < -0.3 is 14.6 Å². The van der Waals surface area contributed by atoms with E-state index in [0.717, 1.165) is 37.4 Å². The van der Waals surface area contributed by atoms with Gasteiger partial charge in [0, 0.05) is 25.8 Å². The zero-order valence-electron chi connectivity index (χ0n) is 16.1. The molecule has 1 saturated heterocycles. The maximum absolute atomic E-state index is 10.3. The lowest BCUT2D eigenvalue weighted by atomic mass is 10.2. The molecule has 0 amide bonds. The first-order valence-corrected chi connectivity index (χ1v) is 9.35. The Labute approximate surface area is 167 Å². The third-order valence-corrected chi connectivity index (χ3v) is 4.62. The van der Waals surface area contributed by atoms with Crippen molar-refractivity contribution in [3.8, 4) is 5.75 Å². The minimum Gasteiger partial charge on any atom is -0.491 e. The highest BCUT2D eigenvalue weighted by Crippen LogP contribution is 2.13. The second kappa shape index (κ2) is 10.7. The second-order valence-corrected chi connectivity index (χ2v) is 6.95. The molecule has 1 N–H and O–H groups in total. The molecule has 2 heterocycles. The summed E-state index contributed by atoms with van der Waals surface area (Å²) in [4.78, 5) is 2.23. The van der Waals surface area contributed by atoms with E-state index in [4.69, 9.17) is 9.47 Å². The van der Waals surface area contributed by atoms with Crippen LogP contribution >= 0.6 is 12.4 Å². The van der Waals surface area contributed by atoms with E-state index in [1.54, 1.807) is 0 Å². The van der Waals surface area contributed by atoms with E-state index < -0.39 is 6.10 Å². The highest BCUT2D eigenvalue weighted by atomic mass is 35.5. The zero-order chi connectivity index (χ0) is 18.4. The first kappa shape index (κ1) is 21.7. The smallest absolute Gasteiger partial charge is 0.119 e. The minimum atomic E-state index is -0.522. The summed E-state index contributed by atoms with van der Waals surface area (Å²) < 4.78 is 13.5. The molecule has 2 atom stereocenters. The van der Waals surface area contributed by atoms with Gasteiger partial charge in [0.15, 0.2) is 0 Å². The standard InChI is InChI=1S/C20H29N3O3.ClH/c1-3-17-4-6-19(7-5-17)26-15-18(24)12-22-8-9-25-20(13-22)14-23-11-16(2)10-21-23;/h4-7,10-11,18,20,24H,3,8-9,12-15H2,1-2H3;1H. The van der Waals surface area contributed by atoms with E-state index in [0.29, 0.717) is 19.8 Å². The molecule has 0 aliphatic carbocycles. The van der Waals surface area contributed by atoms with E-state index in [-0.39, 0.29) is 18.5 Å². The van der Waals surface area contributed by atoms with Crippen LogP contribution in [0.15, 0.2) is 36.7 Å². The average molecular weight is 396 g/mol. The molecule has 1 aromatic heterocycles. The Bertz CT molecular complexity index is 677. The number of benzene rings is 1. The van der Waals surface area contributed by atoms with Crippen molar-refractivity contribution in [1.29, 1.82) is 0 Å². The third kappa shape index (κ3) is 6.81. The molecule has 0 saturated carbocycles. The largest absolute Gasteiger partial charge is 0.491 e. The lowest BCUT2D eigenvalue weighted by molar-refractivity contribution is -0.0517. The molecular formula is C20H30ClN3O3. The van der Waals surface area contributed by atoms with Gasteiger partial charge in [-0.3, -0.25) is 9.58 Å². The van der Waals surface area contributed by atoms with Gasteiger partial charge in [-0.15, -0.1) is 12.4 Å². The van der Waals surface area contributed by atoms with Gasteiger partial charge >= 0.3 is 0 Å². The Kier molecular flexibility index (Phi) is 8.57. The van der Waals surface area contributed by atoms with Gasteiger partial charge in [0.25, 0.3) is 0 Å². The Morgan fingerprint density at radius 1 is 1.33 bits per heavy atom. The SMILES string of the molecule is CCc1ccc(OCC(O)CN2CCOC(Cn3cc(C)cn3)C2)cc1.Cl. The van der Waals surface area contributed by atoms with E-state index in [1.807, 2.05) is 36.1 Å². The van der Waals surface area contributed by atoms with Gasteiger partial charge in [-0.2, -0.15) is 5.10 Å². The van der Waals surface area contributed by atoms with Crippen molar-refractivity contribution in [3.63, 3.8) is 0 Å². The molecule has 1 fully saturated rings. The number of β-amino-alcohol motifs (C(OH)–C–C–N with tert-alkyl or cyclic N) is 1. The number of ether oxygens (including phenoxy) is 2. The van der Waals surface area contributed by atoms with Crippen molar-refractivity contribution in [1.82, 2.24) is 14.7 Å². The molecule has 2 aromatic rings. The van der Waals surface area contributed by atoms with Gasteiger partial charge in [-0.05, 0) is 36.6 Å². The summed E-state index contributed by atoms with van der Waals surface area (Å²) in [5, 5.41) is 14.6.